The second-order valence-electron chi connectivity index (χ2n) is 5.92. The molecule has 0 heterocycles. The molecule has 0 saturated heterocycles. The molecule has 1 aliphatic carbocycles. The molecule has 1 aromatic carbocycles. The monoisotopic (exact) mass is 343 g/mol. The maximum atomic E-state index is 11.0. The van der Waals surface area contributed by atoms with Crippen molar-refractivity contribution in [2.45, 2.75) is 31.8 Å². The fourth-order valence-electron chi connectivity index (χ4n) is 2.88. The molecule has 2 unspecified atom stereocenters. The van der Waals surface area contributed by atoms with E-state index in [1.165, 1.54) is 0 Å². The number of benzene rings is 1. The van der Waals surface area contributed by atoms with Gasteiger partial charge in [-0.2, -0.15) is 8.42 Å². The van der Waals surface area contributed by atoms with Crippen molar-refractivity contribution in [2.75, 3.05) is 27.1 Å². The molecule has 1 N–H and O–H groups in total. The summed E-state index contributed by atoms with van der Waals surface area (Å²) in [7, 11) is -0.0746. The average Bonchev–Trinajstić information content (AvgIpc) is 2.98. The Kier molecular flexibility index (Phi) is 6.26. The van der Waals surface area contributed by atoms with E-state index in [2.05, 4.69) is 5.32 Å². The van der Waals surface area contributed by atoms with E-state index >= 15 is 0 Å². The lowest BCUT2D eigenvalue weighted by Gasteiger charge is -2.15. The summed E-state index contributed by atoms with van der Waals surface area (Å²) in [6.07, 6.45) is 4.02. The van der Waals surface area contributed by atoms with E-state index in [1.807, 2.05) is 18.2 Å². The smallest absolute Gasteiger partial charge is 0.264 e. The van der Waals surface area contributed by atoms with E-state index in [0.717, 1.165) is 42.6 Å². The predicted molar refractivity (Wildman–Crippen MR) is 88.3 cm³/mol. The highest BCUT2D eigenvalue weighted by molar-refractivity contribution is 7.85. The lowest BCUT2D eigenvalue weighted by molar-refractivity contribution is 0.256. The molecule has 2 atom stereocenters. The van der Waals surface area contributed by atoms with Crippen molar-refractivity contribution in [1.82, 2.24) is 5.32 Å². The largest absolute Gasteiger partial charge is 0.497 e. The lowest BCUT2D eigenvalue weighted by Crippen LogP contribution is -2.26. The van der Waals surface area contributed by atoms with Crippen LogP contribution in [0.3, 0.4) is 0 Å². The van der Waals surface area contributed by atoms with Crippen molar-refractivity contribution in [3.05, 3.63) is 23.8 Å². The van der Waals surface area contributed by atoms with Gasteiger partial charge in [0, 0.05) is 24.2 Å². The third-order valence-electron chi connectivity index (χ3n) is 4.13. The van der Waals surface area contributed by atoms with Gasteiger partial charge in [-0.1, -0.05) is 6.07 Å². The fourth-order valence-corrected chi connectivity index (χ4v) is 3.32. The Balaban J connectivity index is 1.83. The Bertz CT molecular complexity index is 617. The summed E-state index contributed by atoms with van der Waals surface area (Å²) in [5, 5.41) is 3.51. The molecule has 0 radical (unpaired) electrons. The van der Waals surface area contributed by atoms with Crippen molar-refractivity contribution in [3.63, 3.8) is 0 Å². The number of methoxy groups -OCH3 is 2. The van der Waals surface area contributed by atoms with Crippen LogP contribution in [0, 0.1) is 5.92 Å². The highest BCUT2D eigenvalue weighted by Gasteiger charge is 2.25. The number of ether oxygens (including phenoxy) is 2. The Morgan fingerprint density at radius 3 is 2.65 bits per heavy atom. The van der Waals surface area contributed by atoms with Crippen LogP contribution >= 0.6 is 0 Å². The lowest BCUT2D eigenvalue weighted by atomic mass is 10.1. The molecule has 2 rings (SSSR count). The first-order chi connectivity index (χ1) is 10.9. The minimum Gasteiger partial charge on any atom is -0.497 e. The molecule has 1 aromatic rings. The first kappa shape index (κ1) is 18.0. The van der Waals surface area contributed by atoms with Crippen molar-refractivity contribution in [1.29, 1.82) is 0 Å². The molecule has 1 aliphatic rings. The Morgan fingerprint density at radius 2 is 2.00 bits per heavy atom. The van der Waals surface area contributed by atoms with E-state index < -0.39 is 10.1 Å². The van der Waals surface area contributed by atoms with Crippen LogP contribution in [0.4, 0.5) is 0 Å². The summed E-state index contributed by atoms with van der Waals surface area (Å²) in [6.45, 7) is 0.986. The van der Waals surface area contributed by atoms with Crippen LogP contribution in [0.25, 0.3) is 0 Å². The maximum absolute atomic E-state index is 11.0. The van der Waals surface area contributed by atoms with E-state index in [0.29, 0.717) is 18.5 Å². The van der Waals surface area contributed by atoms with Crippen LogP contribution in [0.2, 0.25) is 0 Å². The van der Waals surface area contributed by atoms with Crippen LogP contribution in [0.5, 0.6) is 11.5 Å². The number of nitrogens with one attached hydrogen (secondary N) is 1. The molecule has 0 bridgehead atoms. The SMILES string of the molecule is COc1ccc(CNC2CCC(COS(C)(=O)=O)C2)c(OC)c1. The molecular formula is C16H25NO5S. The van der Waals surface area contributed by atoms with E-state index in [-0.39, 0.29) is 6.61 Å². The predicted octanol–water partition coefficient (Wildman–Crippen LogP) is 1.94. The van der Waals surface area contributed by atoms with E-state index in [1.54, 1.807) is 14.2 Å². The zero-order valence-electron chi connectivity index (χ0n) is 13.9. The van der Waals surface area contributed by atoms with Gasteiger partial charge in [0.1, 0.15) is 11.5 Å². The van der Waals surface area contributed by atoms with Gasteiger partial charge in [0.15, 0.2) is 0 Å². The minimum atomic E-state index is -3.35. The molecule has 0 aromatic heterocycles. The quantitative estimate of drug-likeness (QED) is 0.727. The fraction of sp³-hybridized carbons (Fsp3) is 0.625. The Labute approximate surface area is 138 Å². The van der Waals surface area contributed by atoms with Crippen LogP contribution in [0.15, 0.2) is 18.2 Å². The molecule has 0 spiro atoms. The molecule has 23 heavy (non-hydrogen) atoms. The molecule has 0 amide bonds. The Morgan fingerprint density at radius 1 is 1.22 bits per heavy atom. The van der Waals surface area contributed by atoms with Crippen molar-refractivity contribution in [3.8, 4) is 11.5 Å². The number of hydrogen-bond donors (Lipinski definition) is 1. The summed E-state index contributed by atoms with van der Waals surface area (Å²) in [5.41, 5.74) is 1.07. The van der Waals surface area contributed by atoms with Gasteiger partial charge in [0.2, 0.25) is 0 Å². The average molecular weight is 343 g/mol. The Hall–Kier alpha value is -1.31. The van der Waals surface area contributed by atoms with Crippen molar-refractivity contribution >= 4 is 10.1 Å². The van der Waals surface area contributed by atoms with Crippen LogP contribution in [-0.4, -0.2) is 41.5 Å². The molecule has 6 nitrogen and oxygen atoms in total. The third-order valence-corrected chi connectivity index (χ3v) is 4.70. The van der Waals surface area contributed by atoms with Crippen LogP contribution in [-0.2, 0) is 20.8 Å². The first-order valence-corrected chi connectivity index (χ1v) is 9.51. The summed E-state index contributed by atoms with van der Waals surface area (Å²) in [5.74, 6) is 1.86. The van der Waals surface area contributed by atoms with Crippen LogP contribution in [0.1, 0.15) is 24.8 Å². The second kappa shape index (κ2) is 7.99. The van der Waals surface area contributed by atoms with Gasteiger partial charge in [-0.25, -0.2) is 0 Å². The minimum absolute atomic E-state index is 0.281. The molecule has 1 fully saturated rings. The number of rotatable bonds is 8. The normalized spacial score (nSPS) is 21.3. The standard InChI is InChI=1S/C16H25NO5S/c1-20-15-7-5-13(16(9-15)21-2)10-17-14-6-4-12(8-14)11-22-23(3,18)19/h5,7,9,12,14,17H,4,6,8,10-11H2,1-3H3. The van der Waals surface area contributed by atoms with E-state index in [9.17, 15) is 8.42 Å². The zero-order chi connectivity index (χ0) is 16.9. The summed E-state index contributed by atoms with van der Waals surface area (Å²) >= 11 is 0. The molecule has 7 heteroatoms. The van der Waals surface area contributed by atoms with Gasteiger partial charge >= 0.3 is 0 Å². The molecule has 130 valence electrons. The summed E-state index contributed by atoms with van der Waals surface area (Å²) in [6, 6.07) is 6.14. The topological polar surface area (TPSA) is 73.9 Å². The van der Waals surface area contributed by atoms with E-state index in [4.69, 9.17) is 13.7 Å². The molecular weight excluding hydrogens is 318 g/mol. The second-order valence-corrected chi connectivity index (χ2v) is 7.57. The first-order valence-electron chi connectivity index (χ1n) is 7.70. The van der Waals surface area contributed by atoms with Gasteiger partial charge in [-0.05, 0) is 31.2 Å². The van der Waals surface area contributed by atoms with Gasteiger partial charge in [-0.3, -0.25) is 4.18 Å². The highest BCUT2D eigenvalue weighted by Crippen LogP contribution is 2.28. The number of hydrogen-bond acceptors (Lipinski definition) is 6. The summed E-state index contributed by atoms with van der Waals surface area (Å²) < 4.78 is 37.6. The van der Waals surface area contributed by atoms with Crippen molar-refractivity contribution < 1.29 is 22.1 Å². The molecule has 1 saturated carbocycles. The van der Waals surface area contributed by atoms with Gasteiger partial charge in [0.05, 0.1) is 27.1 Å². The summed E-state index contributed by atoms with van der Waals surface area (Å²) in [4.78, 5) is 0. The van der Waals surface area contributed by atoms with Gasteiger partial charge in [0.25, 0.3) is 10.1 Å². The highest BCUT2D eigenvalue weighted by atomic mass is 32.2. The van der Waals surface area contributed by atoms with Crippen molar-refractivity contribution in [2.24, 2.45) is 5.92 Å². The van der Waals surface area contributed by atoms with Gasteiger partial charge < -0.3 is 14.8 Å². The van der Waals surface area contributed by atoms with Crippen LogP contribution < -0.4 is 14.8 Å². The zero-order valence-corrected chi connectivity index (χ0v) is 14.7. The maximum Gasteiger partial charge on any atom is 0.264 e. The van der Waals surface area contributed by atoms with Gasteiger partial charge in [-0.15, -0.1) is 0 Å². The third kappa shape index (κ3) is 5.67. The molecule has 0 aliphatic heterocycles.